The van der Waals surface area contributed by atoms with Gasteiger partial charge in [-0.05, 0) is 43.7 Å². The lowest BCUT2D eigenvalue weighted by Gasteiger charge is -2.31. The predicted molar refractivity (Wildman–Crippen MR) is 142 cm³/mol. The molecule has 2 heterocycles. The van der Waals surface area contributed by atoms with Gasteiger partial charge in [0.15, 0.2) is 0 Å². The zero-order chi connectivity index (χ0) is 27.6. The van der Waals surface area contributed by atoms with Crippen molar-refractivity contribution in [1.82, 2.24) is 5.32 Å². The van der Waals surface area contributed by atoms with Crippen LogP contribution < -0.4 is 15.8 Å². The van der Waals surface area contributed by atoms with Crippen molar-refractivity contribution in [3.8, 4) is 12.3 Å². The molecule has 3 atom stereocenters. The molecule has 4 rings (SSSR count). The molecule has 2 aromatic carbocycles. The average Bonchev–Trinajstić information content (AvgIpc) is 2.90. The molecule has 2 aliphatic rings. The number of amides is 2. The molecule has 2 aromatic rings. The van der Waals surface area contributed by atoms with Crippen molar-refractivity contribution in [1.29, 1.82) is 0 Å². The van der Waals surface area contributed by atoms with Crippen molar-refractivity contribution in [2.24, 2.45) is 11.0 Å². The smallest absolute Gasteiger partial charge is 0.338 e. The first-order valence-corrected chi connectivity index (χ1v) is 12.1. The Balaban J connectivity index is 1.67. The minimum absolute atomic E-state index is 0.119. The zero-order valence-electron chi connectivity index (χ0n) is 21.5. The number of quaternary nitrogens is 1. The van der Waals surface area contributed by atoms with Crippen LogP contribution in [0.5, 0.6) is 0 Å². The molecule has 9 heteroatoms. The molecule has 2 aliphatic heterocycles. The summed E-state index contributed by atoms with van der Waals surface area (Å²) >= 11 is 0. The van der Waals surface area contributed by atoms with Gasteiger partial charge in [0.2, 0.25) is 0 Å². The number of nitrogens with one attached hydrogen (secondary N) is 3. The van der Waals surface area contributed by atoms with Gasteiger partial charge in [-0.3, -0.25) is 4.79 Å². The number of hydrogen-bond acceptors (Lipinski definition) is 7. The van der Waals surface area contributed by atoms with Gasteiger partial charge >= 0.3 is 11.9 Å². The third-order valence-electron chi connectivity index (χ3n) is 6.65. The van der Waals surface area contributed by atoms with Crippen LogP contribution in [0.25, 0.3) is 0 Å². The predicted octanol–water partition coefficient (Wildman–Crippen LogP) is 2.37. The summed E-state index contributed by atoms with van der Waals surface area (Å²) < 4.78 is 5.06. The molecule has 0 spiro atoms. The summed E-state index contributed by atoms with van der Waals surface area (Å²) in [5.41, 5.74) is 4.89. The summed E-state index contributed by atoms with van der Waals surface area (Å²) in [7, 11) is 1.30. The second-order valence-corrected chi connectivity index (χ2v) is 9.26. The van der Waals surface area contributed by atoms with Crippen LogP contribution in [-0.4, -0.2) is 30.6 Å². The van der Waals surface area contributed by atoms with E-state index in [9.17, 15) is 19.6 Å². The number of rotatable bonds is 5. The number of anilines is 1. The highest BCUT2D eigenvalue weighted by Gasteiger charge is 2.37. The molecule has 2 amide bonds. The van der Waals surface area contributed by atoms with E-state index < -0.39 is 28.9 Å². The zero-order valence-corrected chi connectivity index (χ0v) is 21.5. The molecule has 0 aliphatic carbocycles. The number of esters is 1. The third kappa shape index (κ3) is 5.13. The van der Waals surface area contributed by atoms with Crippen LogP contribution in [0.15, 0.2) is 76.2 Å². The second-order valence-electron chi connectivity index (χ2n) is 9.26. The number of benzene rings is 2. The van der Waals surface area contributed by atoms with Crippen LogP contribution in [0.4, 0.5) is 5.69 Å². The fourth-order valence-electron chi connectivity index (χ4n) is 4.83. The molecule has 0 fully saturated rings. The topological polar surface area (TPSA) is 124 Å². The van der Waals surface area contributed by atoms with Crippen molar-refractivity contribution in [2.45, 2.75) is 33.1 Å². The molecule has 0 aromatic heterocycles. The first-order chi connectivity index (χ1) is 18.1. The molecule has 38 heavy (non-hydrogen) atoms. The maximum Gasteiger partial charge on any atom is 0.338 e. The maximum atomic E-state index is 13.7. The summed E-state index contributed by atoms with van der Waals surface area (Å²) in [6.45, 7) is 5.37. The number of dihydropyridines is 1. The Labute approximate surface area is 220 Å². The van der Waals surface area contributed by atoms with Gasteiger partial charge in [-0.25, -0.2) is 9.59 Å². The van der Waals surface area contributed by atoms with Gasteiger partial charge in [0.05, 0.1) is 25.0 Å². The van der Waals surface area contributed by atoms with Crippen molar-refractivity contribution in [3.63, 3.8) is 0 Å². The Morgan fingerprint density at radius 1 is 1.16 bits per heavy atom. The average molecular weight is 513 g/mol. The SMILES string of the molecule is C#Cc1cccc(C2C(C(=O)Nc3ccc(C4=N[NH+]([O-])C(=O)CC4C)cc3)=C(C)NC(C)=C2C(=O)OC)c1. The highest BCUT2D eigenvalue weighted by molar-refractivity contribution is 6.09. The lowest BCUT2D eigenvalue weighted by molar-refractivity contribution is -0.774. The van der Waals surface area contributed by atoms with Crippen molar-refractivity contribution in [2.75, 3.05) is 12.4 Å². The summed E-state index contributed by atoms with van der Waals surface area (Å²) in [5, 5.41) is 21.0. The van der Waals surface area contributed by atoms with E-state index in [1.807, 2.05) is 13.0 Å². The van der Waals surface area contributed by atoms with Crippen LogP contribution in [-0.2, 0) is 19.1 Å². The van der Waals surface area contributed by atoms with E-state index in [1.54, 1.807) is 56.3 Å². The number of ether oxygens (including phenoxy) is 1. The largest absolute Gasteiger partial charge is 0.599 e. The molecule has 0 radical (unpaired) electrons. The van der Waals surface area contributed by atoms with Gasteiger partial charge in [-0.15, -0.1) is 6.42 Å². The summed E-state index contributed by atoms with van der Waals surface area (Å²) in [6, 6.07) is 14.0. The Morgan fingerprint density at radius 2 is 1.84 bits per heavy atom. The first kappa shape index (κ1) is 26.5. The normalized spacial score (nSPS) is 21.3. The van der Waals surface area contributed by atoms with Crippen LogP contribution in [0.1, 0.15) is 49.8 Å². The van der Waals surface area contributed by atoms with E-state index in [1.165, 1.54) is 7.11 Å². The van der Waals surface area contributed by atoms with Crippen LogP contribution in [0.3, 0.4) is 0 Å². The first-order valence-electron chi connectivity index (χ1n) is 12.1. The molecular formula is C29H28N4O5. The van der Waals surface area contributed by atoms with E-state index in [0.29, 0.717) is 50.6 Å². The Kier molecular flexibility index (Phi) is 7.57. The minimum atomic E-state index is -0.743. The van der Waals surface area contributed by atoms with Gasteiger partial charge in [-0.2, -0.15) is 5.17 Å². The van der Waals surface area contributed by atoms with Gasteiger partial charge in [0.25, 0.3) is 5.91 Å². The van der Waals surface area contributed by atoms with E-state index in [4.69, 9.17) is 11.2 Å². The quantitative estimate of drug-likeness (QED) is 0.321. The van der Waals surface area contributed by atoms with E-state index >= 15 is 0 Å². The maximum absolute atomic E-state index is 13.7. The third-order valence-corrected chi connectivity index (χ3v) is 6.65. The Hall–Kier alpha value is -4.52. The number of hydroxylamine groups is 1. The highest BCUT2D eigenvalue weighted by Crippen LogP contribution is 2.39. The number of carbonyl (C=O) groups is 3. The Morgan fingerprint density at radius 3 is 2.50 bits per heavy atom. The van der Waals surface area contributed by atoms with Gasteiger partial charge in [0.1, 0.15) is 5.71 Å². The number of methoxy groups -OCH3 is 1. The van der Waals surface area contributed by atoms with Crippen molar-refractivity contribution >= 4 is 29.2 Å². The van der Waals surface area contributed by atoms with Gasteiger partial charge in [-0.1, -0.05) is 42.2 Å². The lowest BCUT2D eigenvalue weighted by atomic mass is 9.79. The molecule has 0 bridgehead atoms. The lowest BCUT2D eigenvalue weighted by Crippen LogP contribution is -3.06. The molecule has 0 saturated carbocycles. The molecule has 194 valence electrons. The standard InChI is InChI=1S/C29H28N4O5/c1-6-19-8-7-9-21(15-19)26-24(17(3)30-18(4)25(26)29(36)38-5)28(35)31-22-12-10-20(11-13-22)27-16(2)14-23(34)33(37)32-27/h1,7-13,15-16,26,30,33H,14H2,2-5H3,(H,31,35). The monoisotopic (exact) mass is 512 g/mol. The Bertz CT molecular complexity index is 1450. The molecular weight excluding hydrogens is 484 g/mol. The van der Waals surface area contributed by atoms with E-state index in [0.717, 1.165) is 0 Å². The second kappa shape index (κ2) is 10.8. The van der Waals surface area contributed by atoms with Crippen LogP contribution in [0, 0.1) is 23.5 Å². The molecule has 3 unspecified atom stereocenters. The van der Waals surface area contributed by atoms with E-state index in [-0.39, 0.29) is 12.3 Å². The minimum Gasteiger partial charge on any atom is -0.599 e. The van der Waals surface area contributed by atoms with Gasteiger partial charge in [0, 0.05) is 39.7 Å². The number of hydrogen-bond donors (Lipinski definition) is 3. The summed E-state index contributed by atoms with van der Waals surface area (Å²) in [4.78, 5) is 38.2. The van der Waals surface area contributed by atoms with Crippen LogP contribution in [0.2, 0.25) is 0 Å². The number of allylic oxidation sites excluding steroid dienone is 2. The van der Waals surface area contributed by atoms with E-state index in [2.05, 4.69) is 21.7 Å². The highest BCUT2D eigenvalue weighted by atomic mass is 16.5. The molecule has 9 nitrogen and oxygen atoms in total. The fourth-order valence-corrected chi connectivity index (χ4v) is 4.83. The number of terminal acetylenes is 1. The number of carbonyl (C=O) groups excluding carboxylic acids is 3. The fraction of sp³-hybridized carbons (Fsp3) is 0.241. The summed E-state index contributed by atoms with van der Waals surface area (Å²) in [6.07, 6.45) is 5.73. The molecule has 3 N–H and O–H groups in total. The molecule has 0 saturated heterocycles. The van der Waals surface area contributed by atoms with Crippen molar-refractivity contribution in [3.05, 3.63) is 93.0 Å². The summed E-state index contributed by atoms with van der Waals surface area (Å²) in [5.74, 6) is 0.249. The number of nitrogens with zero attached hydrogens (tertiary/aromatic N) is 1. The van der Waals surface area contributed by atoms with Crippen molar-refractivity contribution < 1.29 is 24.3 Å². The van der Waals surface area contributed by atoms with Gasteiger partial charge < -0.3 is 20.6 Å². The van der Waals surface area contributed by atoms with Crippen LogP contribution >= 0.6 is 0 Å².